The lowest BCUT2D eigenvalue weighted by molar-refractivity contribution is -0.133. The van der Waals surface area contributed by atoms with E-state index in [9.17, 15) is 14.7 Å². The Hall–Kier alpha value is -1.30. The number of urea groups is 1. The molecule has 1 atom stereocenters. The summed E-state index contributed by atoms with van der Waals surface area (Å²) in [6, 6.07) is 0.127. The Bertz CT molecular complexity index is 415. The van der Waals surface area contributed by atoms with E-state index in [1.54, 1.807) is 4.90 Å². The van der Waals surface area contributed by atoms with Crippen LogP contribution in [0.5, 0.6) is 0 Å². The fourth-order valence-electron chi connectivity index (χ4n) is 3.83. The van der Waals surface area contributed by atoms with E-state index < -0.39 is 0 Å². The van der Waals surface area contributed by atoms with Crippen molar-refractivity contribution in [3.05, 3.63) is 0 Å². The predicted octanol–water partition coefficient (Wildman–Crippen LogP) is 0.944. The zero-order valence-corrected chi connectivity index (χ0v) is 13.2. The molecule has 0 aromatic rings. The maximum atomic E-state index is 12.4. The molecule has 124 valence electrons. The third-order valence-corrected chi connectivity index (χ3v) is 5.27. The third kappa shape index (κ3) is 3.54. The van der Waals surface area contributed by atoms with Gasteiger partial charge in [-0.2, -0.15) is 0 Å². The molecule has 0 bridgehead atoms. The summed E-state index contributed by atoms with van der Waals surface area (Å²) in [5.74, 6) is 0.214. The Morgan fingerprint density at radius 2 is 1.59 bits per heavy atom. The molecule has 2 saturated heterocycles. The zero-order valence-electron chi connectivity index (χ0n) is 13.2. The number of aliphatic hydroxyl groups is 1. The number of carbonyl (C=O) groups is 2. The lowest BCUT2D eigenvalue weighted by Crippen LogP contribution is -2.46. The van der Waals surface area contributed by atoms with Gasteiger partial charge in [0.25, 0.3) is 0 Å². The van der Waals surface area contributed by atoms with E-state index in [1.165, 1.54) is 0 Å². The summed E-state index contributed by atoms with van der Waals surface area (Å²) in [7, 11) is 0. The second-order valence-corrected chi connectivity index (χ2v) is 6.92. The van der Waals surface area contributed by atoms with Crippen molar-refractivity contribution >= 4 is 11.9 Å². The van der Waals surface area contributed by atoms with Crippen molar-refractivity contribution in [1.29, 1.82) is 0 Å². The first-order valence-electron chi connectivity index (χ1n) is 8.66. The first kappa shape index (κ1) is 15.6. The van der Waals surface area contributed by atoms with Crippen molar-refractivity contribution in [2.75, 3.05) is 26.2 Å². The molecule has 0 aromatic heterocycles. The Morgan fingerprint density at radius 1 is 0.909 bits per heavy atom. The van der Waals surface area contributed by atoms with Gasteiger partial charge >= 0.3 is 6.03 Å². The van der Waals surface area contributed by atoms with Crippen LogP contribution in [-0.2, 0) is 4.79 Å². The summed E-state index contributed by atoms with van der Waals surface area (Å²) in [4.78, 5) is 28.4. The molecular formula is C16H27N3O3. The maximum absolute atomic E-state index is 12.4. The van der Waals surface area contributed by atoms with Gasteiger partial charge in [0.05, 0.1) is 12.0 Å². The Morgan fingerprint density at radius 3 is 2.27 bits per heavy atom. The van der Waals surface area contributed by atoms with E-state index in [0.717, 1.165) is 58.0 Å². The lowest BCUT2D eigenvalue weighted by atomic mass is 9.93. The summed E-state index contributed by atoms with van der Waals surface area (Å²) < 4.78 is 0. The molecule has 3 fully saturated rings. The molecule has 1 aliphatic carbocycles. The second-order valence-electron chi connectivity index (χ2n) is 6.92. The molecule has 1 unspecified atom stereocenters. The maximum Gasteiger partial charge on any atom is 0.317 e. The standard InChI is InChI=1S/C16H27N3O3/c20-14-5-3-13(4-6-14)17-16(22)19-10-7-12(11-19)15(21)18-8-1-2-9-18/h12-14,20H,1-11H2,(H,17,22). The van der Waals surface area contributed by atoms with Crippen LogP contribution < -0.4 is 5.32 Å². The van der Waals surface area contributed by atoms with Gasteiger partial charge in [0.1, 0.15) is 0 Å². The predicted molar refractivity (Wildman–Crippen MR) is 82.3 cm³/mol. The number of nitrogens with one attached hydrogen (secondary N) is 1. The number of amides is 3. The van der Waals surface area contributed by atoms with E-state index in [2.05, 4.69) is 5.32 Å². The summed E-state index contributed by atoms with van der Waals surface area (Å²) >= 11 is 0. The quantitative estimate of drug-likeness (QED) is 0.797. The molecule has 6 heteroatoms. The summed E-state index contributed by atoms with van der Waals surface area (Å²) in [5, 5.41) is 12.6. The monoisotopic (exact) mass is 309 g/mol. The van der Waals surface area contributed by atoms with E-state index in [4.69, 9.17) is 0 Å². The van der Waals surface area contributed by atoms with Gasteiger partial charge in [-0.05, 0) is 44.9 Å². The van der Waals surface area contributed by atoms with Crippen LogP contribution in [0.15, 0.2) is 0 Å². The number of nitrogens with zero attached hydrogens (tertiary/aromatic N) is 2. The van der Waals surface area contributed by atoms with Gasteiger partial charge in [-0.1, -0.05) is 0 Å². The minimum atomic E-state index is -0.206. The van der Waals surface area contributed by atoms with Crippen LogP contribution in [0.1, 0.15) is 44.9 Å². The van der Waals surface area contributed by atoms with Crippen molar-refractivity contribution in [3.63, 3.8) is 0 Å². The fourth-order valence-corrected chi connectivity index (χ4v) is 3.83. The number of hydrogen-bond acceptors (Lipinski definition) is 3. The van der Waals surface area contributed by atoms with Crippen LogP contribution in [0.2, 0.25) is 0 Å². The highest BCUT2D eigenvalue weighted by Gasteiger charge is 2.35. The highest BCUT2D eigenvalue weighted by Crippen LogP contribution is 2.22. The van der Waals surface area contributed by atoms with Gasteiger partial charge in [-0.3, -0.25) is 4.79 Å². The van der Waals surface area contributed by atoms with E-state index >= 15 is 0 Å². The third-order valence-electron chi connectivity index (χ3n) is 5.27. The SMILES string of the molecule is O=C(NC1CCC(O)CC1)N1CCC(C(=O)N2CCCC2)C1. The average molecular weight is 309 g/mol. The topological polar surface area (TPSA) is 72.9 Å². The highest BCUT2D eigenvalue weighted by atomic mass is 16.3. The van der Waals surface area contributed by atoms with Crippen molar-refractivity contribution in [3.8, 4) is 0 Å². The van der Waals surface area contributed by atoms with Crippen LogP contribution in [-0.4, -0.2) is 65.2 Å². The largest absolute Gasteiger partial charge is 0.393 e. The number of carbonyl (C=O) groups excluding carboxylic acids is 2. The van der Waals surface area contributed by atoms with Crippen LogP contribution in [0, 0.1) is 5.92 Å². The summed E-state index contributed by atoms with van der Waals surface area (Å²) in [6.07, 6.45) is 6.01. The Labute approximate surface area is 131 Å². The van der Waals surface area contributed by atoms with Crippen LogP contribution >= 0.6 is 0 Å². The van der Waals surface area contributed by atoms with E-state index in [1.807, 2.05) is 4.90 Å². The van der Waals surface area contributed by atoms with Gasteiger partial charge in [0, 0.05) is 32.2 Å². The highest BCUT2D eigenvalue weighted by molar-refractivity contribution is 5.82. The minimum Gasteiger partial charge on any atom is -0.393 e. The van der Waals surface area contributed by atoms with Gasteiger partial charge in [-0.15, -0.1) is 0 Å². The molecule has 6 nitrogen and oxygen atoms in total. The molecule has 0 radical (unpaired) electrons. The Kier molecular flexibility index (Phi) is 4.86. The van der Waals surface area contributed by atoms with Crippen molar-refractivity contribution < 1.29 is 14.7 Å². The number of aliphatic hydroxyl groups excluding tert-OH is 1. The van der Waals surface area contributed by atoms with Crippen LogP contribution in [0.4, 0.5) is 4.79 Å². The van der Waals surface area contributed by atoms with E-state index in [0.29, 0.717) is 13.1 Å². The van der Waals surface area contributed by atoms with Crippen molar-refractivity contribution in [1.82, 2.24) is 15.1 Å². The van der Waals surface area contributed by atoms with Gasteiger partial charge in [-0.25, -0.2) is 4.79 Å². The Balaban J connectivity index is 1.45. The van der Waals surface area contributed by atoms with Gasteiger partial charge in [0.15, 0.2) is 0 Å². The smallest absolute Gasteiger partial charge is 0.317 e. The molecule has 3 aliphatic rings. The lowest BCUT2D eigenvalue weighted by Gasteiger charge is -2.28. The molecule has 3 rings (SSSR count). The molecule has 2 heterocycles. The van der Waals surface area contributed by atoms with Gasteiger partial charge in [0.2, 0.25) is 5.91 Å². The second kappa shape index (κ2) is 6.86. The van der Waals surface area contributed by atoms with Gasteiger partial charge < -0.3 is 20.2 Å². The molecule has 22 heavy (non-hydrogen) atoms. The van der Waals surface area contributed by atoms with Crippen molar-refractivity contribution in [2.24, 2.45) is 5.92 Å². The molecule has 3 amide bonds. The first-order chi connectivity index (χ1) is 10.6. The zero-order chi connectivity index (χ0) is 15.5. The number of rotatable bonds is 2. The fraction of sp³-hybridized carbons (Fsp3) is 0.875. The first-order valence-corrected chi connectivity index (χ1v) is 8.66. The van der Waals surface area contributed by atoms with Crippen LogP contribution in [0.3, 0.4) is 0 Å². The molecular weight excluding hydrogens is 282 g/mol. The van der Waals surface area contributed by atoms with Crippen LogP contribution in [0.25, 0.3) is 0 Å². The normalized spacial score (nSPS) is 32.3. The van der Waals surface area contributed by atoms with Crippen molar-refractivity contribution in [2.45, 2.75) is 57.1 Å². The molecule has 0 spiro atoms. The molecule has 1 saturated carbocycles. The number of hydrogen-bond donors (Lipinski definition) is 2. The number of likely N-dealkylation sites (tertiary alicyclic amines) is 2. The average Bonchev–Trinajstić information content (AvgIpc) is 3.20. The molecule has 2 aliphatic heterocycles. The minimum absolute atomic E-state index is 0.0166. The molecule has 2 N–H and O–H groups in total. The van der Waals surface area contributed by atoms with E-state index in [-0.39, 0.29) is 30.0 Å². The molecule has 0 aromatic carbocycles. The summed E-state index contributed by atoms with van der Waals surface area (Å²) in [5.41, 5.74) is 0. The summed E-state index contributed by atoms with van der Waals surface area (Å²) in [6.45, 7) is 2.99.